The molecule has 0 aromatic rings. The van der Waals surface area contributed by atoms with Crippen molar-refractivity contribution in [2.45, 2.75) is 32.0 Å². The largest absolute Gasteiger partial charge is 0.478 e. The van der Waals surface area contributed by atoms with Crippen molar-refractivity contribution in [3.8, 4) is 0 Å². The van der Waals surface area contributed by atoms with Crippen LogP contribution in [0, 0.1) is 0 Å². The molecule has 0 amide bonds. The third kappa shape index (κ3) is 5.16. The first-order chi connectivity index (χ1) is 8.65. The Hall–Kier alpha value is -0.910. The number of aliphatic carboxylic acids is 1. The molecule has 2 fully saturated rings. The zero-order valence-electron chi connectivity index (χ0n) is 10.8. The van der Waals surface area contributed by atoms with E-state index in [4.69, 9.17) is 14.6 Å². The highest BCUT2D eigenvalue weighted by Crippen LogP contribution is 2.16. The molecule has 0 aromatic carbocycles. The monoisotopic (exact) mass is 255 g/mol. The van der Waals surface area contributed by atoms with Crippen molar-refractivity contribution < 1.29 is 19.4 Å². The van der Waals surface area contributed by atoms with Crippen molar-refractivity contribution in [2.24, 2.45) is 0 Å². The summed E-state index contributed by atoms with van der Waals surface area (Å²) in [5.74, 6) is -0.829. The average Bonchev–Trinajstić information content (AvgIpc) is 3.19. The van der Waals surface area contributed by atoms with Gasteiger partial charge in [0.05, 0.1) is 25.4 Å². The van der Waals surface area contributed by atoms with E-state index in [-0.39, 0.29) is 0 Å². The summed E-state index contributed by atoms with van der Waals surface area (Å²) in [6, 6.07) is 0. The Balaban J connectivity index is 1.64. The molecule has 0 radical (unpaired) electrons. The van der Waals surface area contributed by atoms with Gasteiger partial charge in [-0.2, -0.15) is 0 Å². The maximum Gasteiger partial charge on any atom is 0.330 e. The molecule has 0 bridgehead atoms. The molecule has 102 valence electrons. The Kier molecular flexibility index (Phi) is 4.74. The van der Waals surface area contributed by atoms with Crippen LogP contribution in [0.4, 0.5) is 0 Å². The summed E-state index contributed by atoms with van der Waals surface area (Å²) in [6.07, 6.45) is 4.39. The number of carbonyl (C=O) groups is 1. The summed E-state index contributed by atoms with van der Waals surface area (Å²) in [7, 11) is 0. The summed E-state index contributed by atoms with van der Waals surface area (Å²) >= 11 is 0. The second-order valence-corrected chi connectivity index (χ2v) is 5.00. The van der Waals surface area contributed by atoms with Gasteiger partial charge in [0.1, 0.15) is 0 Å². The number of epoxide rings is 2. The van der Waals surface area contributed by atoms with Crippen LogP contribution in [-0.4, -0.2) is 61.0 Å². The Morgan fingerprint density at radius 1 is 1.33 bits per heavy atom. The predicted molar refractivity (Wildman–Crippen MR) is 66.5 cm³/mol. The molecular formula is C13H21NO4. The number of rotatable bonds is 9. The molecule has 2 unspecified atom stereocenters. The fourth-order valence-electron chi connectivity index (χ4n) is 1.90. The molecule has 2 rings (SSSR count). The first kappa shape index (κ1) is 13.5. The first-order valence-electron chi connectivity index (χ1n) is 6.51. The molecule has 0 spiro atoms. The van der Waals surface area contributed by atoms with Crippen LogP contribution in [0.2, 0.25) is 0 Å². The van der Waals surface area contributed by atoms with E-state index < -0.39 is 5.97 Å². The number of carboxylic acid groups (broad SMARTS) is 1. The van der Waals surface area contributed by atoms with Crippen LogP contribution >= 0.6 is 0 Å². The Morgan fingerprint density at radius 3 is 2.33 bits per heavy atom. The lowest BCUT2D eigenvalue weighted by atomic mass is 10.2. The SMILES string of the molecule is C/C(=C\CCCN(CC1CO1)CC1CO1)C(=O)O. The Morgan fingerprint density at radius 2 is 1.89 bits per heavy atom. The number of carboxylic acids is 1. The van der Waals surface area contributed by atoms with Crippen LogP contribution in [-0.2, 0) is 14.3 Å². The minimum Gasteiger partial charge on any atom is -0.478 e. The molecule has 2 heterocycles. The molecule has 0 aromatic heterocycles. The number of unbranched alkanes of at least 4 members (excludes halogenated alkanes) is 1. The lowest BCUT2D eigenvalue weighted by Crippen LogP contribution is -2.32. The Bertz CT molecular complexity index is 307. The van der Waals surface area contributed by atoms with E-state index in [2.05, 4.69) is 4.90 Å². The van der Waals surface area contributed by atoms with E-state index in [1.165, 1.54) is 0 Å². The lowest BCUT2D eigenvalue weighted by Gasteiger charge is -2.19. The van der Waals surface area contributed by atoms with Crippen molar-refractivity contribution in [3.05, 3.63) is 11.6 Å². The van der Waals surface area contributed by atoms with Gasteiger partial charge in [-0.3, -0.25) is 4.90 Å². The molecule has 0 aliphatic carbocycles. The highest BCUT2D eigenvalue weighted by Gasteiger charge is 2.30. The van der Waals surface area contributed by atoms with Gasteiger partial charge in [0.2, 0.25) is 0 Å². The lowest BCUT2D eigenvalue weighted by molar-refractivity contribution is -0.132. The smallest absolute Gasteiger partial charge is 0.330 e. The van der Waals surface area contributed by atoms with Gasteiger partial charge >= 0.3 is 5.97 Å². The Labute approximate surface area is 107 Å². The van der Waals surface area contributed by atoms with E-state index in [0.717, 1.165) is 45.7 Å². The van der Waals surface area contributed by atoms with Crippen molar-refractivity contribution >= 4 is 5.97 Å². The summed E-state index contributed by atoms with van der Waals surface area (Å²) in [5.41, 5.74) is 0.428. The standard InChI is InChI=1S/C13H21NO4/c1-10(13(15)16)4-2-3-5-14(6-11-8-17-11)7-12-9-18-12/h4,11-12H,2-3,5-9H2,1H3,(H,15,16)/b10-4+. The number of hydrogen-bond donors (Lipinski definition) is 1. The van der Waals surface area contributed by atoms with Crippen molar-refractivity contribution in [3.63, 3.8) is 0 Å². The van der Waals surface area contributed by atoms with Crippen LogP contribution in [0.3, 0.4) is 0 Å². The van der Waals surface area contributed by atoms with E-state index in [0.29, 0.717) is 17.8 Å². The molecule has 18 heavy (non-hydrogen) atoms. The predicted octanol–water partition coefficient (Wildman–Crippen LogP) is 0.897. The zero-order valence-corrected chi connectivity index (χ0v) is 10.8. The first-order valence-corrected chi connectivity index (χ1v) is 6.51. The summed E-state index contributed by atoms with van der Waals surface area (Å²) < 4.78 is 10.5. The third-order valence-electron chi connectivity index (χ3n) is 3.19. The van der Waals surface area contributed by atoms with Gasteiger partial charge in [-0.1, -0.05) is 6.08 Å². The highest BCUT2D eigenvalue weighted by atomic mass is 16.6. The minimum atomic E-state index is -0.829. The van der Waals surface area contributed by atoms with Crippen molar-refractivity contribution in [1.29, 1.82) is 0 Å². The maximum absolute atomic E-state index is 10.6. The zero-order chi connectivity index (χ0) is 13.0. The van der Waals surface area contributed by atoms with Gasteiger partial charge in [0.25, 0.3) is 0 Å². The second-order valence-electron chi connectivity index (χ2n) is 5.00. The topological polar surface area (TPSA) is 65.6 Å². The number of ether oxygens (including phenoxy) is 2. The van der Waals surface area contributed by atoms with Crippen LogP contribution < -0.4 is 0 Å². The minimum absolute atomic E-state index is 0.403. The average molecular weight is 255 g/mol. The van der Waals surface area contributed by atoms with Gasteiger partial charge in [-0.05, 0) is 26.3 Å². The number of hydrogen-bond acceptors (Lipinski definition) is 4. The van der Waals surface area contributed by atoms with E-state index in [1.807, 2.05) is 0 Å². The molecular weight excluding hydrogens is 234 g/mol. The van der Waals surface area contributed by atoms with Crippen LogP contribution in [0.1, 0.15) is 19.8 Å². The highest BCUT2D eigenvalue weighted by molar-refractivity contribution is 5.85. The molecule has 2 atom stereocenters. The van der Waals surface area contributed by atoms with Gasteiger partial charge in [-0.15, -0.1) is 0 Å². The number of allylic oxidation sites excluding steroid dienone is 1. The molecule has 0 saturated carbocycles. The third-order valence-corrected chi connectivity index (χ3v) is 3.19. The molecule has 2 saturated heterocycles. The van der Waals surface area contributed by atoms with Crippen LogP contribution in [0.5, 0.6) is 0 Å². The van der Waals surface area contributed by atoms with Gasteiger partial charge < -0.3 is 14.6 Å². The molecule has 1 N–H and O–H groups in total. The quantitative estimate of drug-likeness (QED) is 0.377. The fraction of sp³-hybridized carbons (Fsp3) is 0.769. The number of nitrogens with zero attached hydrogens (tertiary/aromatic N) is 1. The molecule has 5 nitrogen and oxygen atoms in total. The van der Waals surface area contributed by atoms with E-state index >= 15 is 0 Å². The van der Waals surface area contributed by atoms with Crippen LogP contribution in [0.15, 0.2) is 11.6 Å². The van der Waals surface area contributed by atoms with Crippen molar-refractivity contribution in [1.82, 2.24) is 4.90 Å². The van der Waals surface area contributed by atoms with E-state index in [1.54, 1.807) is 13.0 Å². The van der Waals surface area contributed by atoms with Gasteiger partial charge in [0, 0.05) is 18.7 Å². The van der Waals surface area contributed by atoms with Crippen LogP contribution in [0.25, 0.3) is 0 Å². The molecule has 2 aliphatic rings. The normalized spacial score (nSPS) is 26.4. The fourth-order valence-corrected chi connectivity index (χ4v) is 1.90. The second kappa shape index (κ2) is 6.31. The van der Waals surface area contributed by atoms with Crippen molar-refractivity contribution in [2.75, 3.05) is 32.8 Å². The maximum atomic E-state index is 10.6. The summed E-state index contributed by atoms with van der Waals surface area (Å²) in [5, 5.41) is 8.73. The van der Waals surface area contributed by atoms with E-state index in [9.17, 15) is 4.79 Å². The molecule has 2 aliphatic heterocycles. The van der Waals surface area contributed by atoms with Gasteiger partial charge in [-0.25, -0.2) is 4.79 Å². The summed E-state index contributed by atoms with van der Waals surface area (Å²) in [6.45, 7) is 6.31. The molecule has 5 heteroatoms. The van der Waals surface area contributed by atoms with Gasteiger partial charge in [0.15, 0.2) is 0 Å². The summed E-state index contributed by atoms with van der Waals surface area (Å²) in [4.78, 5) is 13.0.